The van der Waals surface area contributed by atoms with E-state index in [4.69, 9.17) is 14.2 Å². The topological polar surface area (TPSA) is 175 Å². The van der Waals surface area contributed by atoms with Crippen molar-refractivity contribution >= 4 is 11.9 Å². The number of hydrogen-bond donors (Lipinski definition) is 6. The Morgan fingerprint density at radius 3 is 1.19 bits per heavy atom. The van der Waals surface area contributed by atoms with Crippen molar-refractivity contribution in [1.29, 1.82) is 0 Å². The van der Waals surface area contributed by atoms with Crippen molar-refractivity contribution < 1.29 is 49.3 Å². The maximum absolute atomic E-state index is 13.5. The van der Waals surface area contributed by atoms with Crippen LogP contribution in [0.25, 0.3) is 0 Å². The molecule has 1 aliphatic heterocycles. The molecule has 0 aromatic heterocycles. The van der Waals surface area contributed by atoms with Gasteiger partial charge in [-0.1, -0.05) is 326 Å². The van der Waals surface area contributed by atoms with Crippen LogP contribution in [0.3, 0.4) is 0 Å². The van der Waals surface area contributed by atoms with Gasteiger partial charge in [0, 0.05) is 6.42 Å². The van der Waals surface area contributed by atoms with E-state index in [1.165, 1.54) is 257 Å². The van der Waals surface area contributed by atoms with Crippen LogP contribution in [0.5, 0.6) is 0 Å². The first-order valence-electron chi connectivity index (χ1n) is 37.9. The molecule has 8 unspecified atom stereocenters. The van der Waals surface area contributed by atoms with Crippen LogP contribution in [0.2, 0.25) is 0 Å². The number of nitrogens with one attached hydrogen (secondary N) is 1. The molecule has 1 saturated heterocycles. The first-order valence-corrected chi connectivity index (χ1v) is 37.9. The van der Waals surface area contributed by atoms with Crippen molar-refractivity contribution in [2.45, 2.75) is 416 Å². The van der Waals surface area contributed by atoms with Gasteiger partial charge in [0.1, 0.15) is 24.4 Å². The Labute approximate surface area is 542 Å². The van der Waals surface area contributed by atoms with E-state index in [0.29, 0.717) is 19.3 Å². The minimum Gasteiger partial charge on any atom is -0.454 e. The van der Waals surface area contributed by atoms with Gasteiger partial charge in [-0.05, 0) is 83.5 Å². The third-order valence-electron chi connectivity index (χ3n) is 18.0. The molecule has 11 heteroatoms. The van der Waals surface area contributed by atoms with Gasteiger partial charge >= 0.3 is 5.97 Å². The lowest BCUT2D eigenvalue weighted by molar-refractivity contribution is -0.305. The number of allylic oxidation sites excluding steroid dienone is 7. The second-order valence-corrected chi connectivity index (χ2v) is 26.4. The minimum atomic E-state index is -1.61. The summed E-state index contributed by atoms with van der Waals surface area (Å²) in [4.78, 5) is 26.7. The Bertz CT molecular complexity index is 1620. The Kier molecular flexibility index (Phi) is 61.5. The highest BCUT2D eigenvalue weighted by Crippen LogP contribution is 2.27. The average Bonchev–Trinajstić information content (AvgIpc) is 1.25. The predicted molar refractivity (Wildman–Crippen MR) is 370 cm³/mol. The summed E-state index contributed by atoms with van der Waals surface area (Å²) < 4.78 is 17.7. The lowest BCUT2D eigenvalue weighted by Crippen LogP contribution is -2.61. The van der Waals surface area contributed by atoms with E-state index in [1.807, 2.05) is 6.08 Å². The summed E-state index contributed by atoms with van der Waals surface area (Å²) in [6.07, 6.45) is 71.6. The second kappa shape index (κ2) is 64.7. The zero-order chi connectivity index (χ0) is 63.9. The molecule has 0 bridgehead atoms. The molecule has 1 fully saturated rings. The number of rotatable bonds is 66. The van der Waals surface area contributed by atoms with Gasteiger partial charge in [-0.25, -0.2) is 0 Å². The zero-order valence-corrected chi connectivity index (χ0v) is 57.6. The van der Waals surface area contributed by atoms with Gasteiger partial charge in [0.2, 0.25) is 5.91 Å². The standard InChI is InChI=1S/C77H143NO10/c1-4-7-10-13-16-19-22-25-27-29-31-33-34-35-36-37-39-40-42-44-46-49-52-55-58-61-64-70(81)76(85)78-68(69(80)63-60-57-54-51-48-24-21-18-15-12-9-6-3)67-86-77-75(74(84)73(83)71(66-79)87-77)88-72(82)65-62-59-56-53-50-47-45-43-41-38-32-30-28-26-23-20-17-14-11-8-5-2/h16,19,25-28,60,63,68-71,73-75,77,79-81,83-84H,4-15,17-18,20-24,29-59,61-62,64-67H2,1-3H3,(H,78,85)/b19-16-,27-25-,28-26+,63-60+. The zero-order valence-electron chi connectivity index (χ0n) is 57.6. The normalized spacial score (nSPS) is 18.4. The van der Waals surface area contributed by atoms with Gasteiger partial charge < -0.3 is 45.1 Å². The average molecular weight is 1240 g/mol. The Morgan fingerprint density at radius 1 is 0.443 bits per heavy atom. The lowest BCUT2D eigenvalue weighted by atomic mass is 9.99. The summed E-state index contributed by atoms with van der Waals surface area (Å²) >= 11 is 0. The number of amides is 1. The fourth-order valence-electron chi connectivity index (χ4n) is 12.0. The summed E-state index contributed by atoms with van der Waals surface area (Å²) in [6, 6.07) is -1.02. The molecule has 6 N–H and O–H groups in total. The summed E-state index contributed by atoms with van der Waals surface area (Å²) in [5, 5.41) is 57.3. The molecule has 11 nitrogen and oxygen atoms in total. The summed E-state index contributed by atoms with van der Waals surface area (Å²) in [7, 11) is 0. The highest BCUT2D eigenvalue weighted by molar-refractivity contribution is 5.80. The van der Waals surface area contributed by atoms with E-state index in [0.717, 1.165) is 64.2 Å². The fourth-order valence-corrected chi connectivity index (χ4v) is 12.0. The fraction of sp³-hybridized carbons (Fsp3) is 0.870. The number of carbonyl (C=O) groups excluding carboxylic acids is 2. The molecule has 0 spiro atoms. The third kappa shape index (κ3) is 51.2. The van der Waals surface area contributed by atoms with Crippen LogP contribution < -0.4 is 5.32 Å². The highest BCUT2D eigenvalue weighted by atomic mass is 16.7. The summed E-state index contributed by atoms with van der Waals surface area (Å²) in [5.74, 6) is -1.18. The van der Waals surface area contributed by atoms with Crippen LogP contribution in [0.4, 0.5) is 0 Å². The maximum Gasteiger partial charge on any atom is 0.306 e. The van der Waals surface area contributed by atoms with E-state index in [9.17, 15) is 35.1 Å². The van der Waals surface area contributed by atoms with E-state index in [1.54, 1.807) is 6.08 Å². The van der Waals surface area contributed by atoms with Crippen molar-refractivity contribution in [3.05, 3.63) is 48.6 Å². The van der Waals surface area contributed by atoms with Crippen molar-refractivity contribution in [2.75, 3.05) is 13.2 Å². The van der Waals surface area contributed by atoms with Gasteiger partial charge in [-0.3, -0.25) is 9.59 Å². The number of aliphatic hydroxyl groups is 5. The molecule has 1 amide bonds. The first kappa shape index (κ1) is 83.6. The Hall–Kier alpha value is -2.38. The van der Waals surface area contributed by atoms with Crippen molar-refractivity contribution in [3.63, 3.8) is 0 Å². The molecule has 1 rings (SSSR count). The molecule has 1 heterocycles. The van der Waals surface area contributed by atoms with Crippen molar-refractivity contribution in [3.8, 4) is 0 Å². The SMILES string of the molecule is CCCCC/C=C\C/C=C\CCCCCCCCCCCCCCCCCCC(O)C(=O)NC(COC1OC(CO)C(O)C(O)C1OC(=O)CCCCCCCCCCCCC/C=C/CCCCCCCC)C(O)/C=C/CCCCCCCCCCCC. The summed E-state index contributed by atoms with van der Waals surface area (Å²) in [6.45, 7) is 5.82. The van der Waals surface area contributed by atoms with E-state index in [2.05, 4.69) is 62.5 Å². The smallest absolute Gasteiger partial charge is 0.306 e. The van der Waals surface area contributed by atoms with E-state index >= 15 is 0 Å². The number of hydrogen-bond acceptors (Lipinski definition) is 10. The van der Waals surface area contributed by atoms with Gasteiger partial charge in [0.25, 0.3) is 0 Å². The minimum absolute atomic E-state index is 0.126. The number of aliphatic hydroxyl groups excluding tert-OH is 5. The maximum atomic E-state index is 13.5. The Morgan fingerprint density at radius 2 is 0.784 bits per heavy atom. The molecule has 0 aliphatic carbocycles. The van der Waals surface area contributed by atoms with Crippen LogP contribution in [0.1, 0.15) is 367 Å². The molecule has 88 heavy (non-hydrogen) atoms. The number of esters is 1. The molecule has 8 atom stereocenters. The third-order valence-corrected chi connectivity index (χ3v) is 18.0. The van der Waals surface area contributed by atoms with Crippen molar-refractivity contribution in [2.24, 2.45) is 0 Å². The van der Waals surface area contributed by atoms with Crippen LogP contribution in [0, 0.1) is 0 Å². The van der Waals surface area contributed by atoms with Crippen molar-refractivity contribution in [1.82, 2.24) is 5.32 Å². The molecule has 516 valence electrons. The predicted octanol–water partition coefficient (Wildman–Crippen LogP) is 19.9. The molecule has 0 radical (unpaired) electrons. The molecule has 0 aromatic carbocycles. The lowest BCUT2D eigenvalue weighted by Gasteiger charge is -2.41. The molecule has 0 aromatic rings. The number of unbranched alkanes of at least 4 members (excludes halogenated alkanes) is 46. The van der Waals surface area contributed by atoms with E-state index < -0.39 is 67.4 Å². The van der Waals surface area contributed by atoms with Crippen LogP contribution in [-0.4, -0.2) is 99.6 Å². The highest BCUT2D eigenvalue weighted by Gasteiger charge is 2.47. The molecule has 1 aliphatic rings. The number of ether oxygens (including phenoxy) is 3. The van der Waals surface area contributed by atoms with Crippen LogP contribution >= 0.6 is 0 Å². The quantitative estimate of drug-likeness (QED) is 0.0195. The first-order chi connectivity index (χ1) is 43.2. The van der Waals surface area contributed by atoms with Gasteiger partial charge in [-0.2, -0.15) is 0 Å². The van der Waals surface area contributed by atoms with Crippen LogP contribution in [0.15, 0.2) is 48.6 Å². The van der Waals surface area contributed by atoms with Gasteiger partial charge in [0.15, 0.2) is 12.4 Å². The monoisotopic (exact) mass is 1240 g/mol. The number of carbonyl (C=O) groups is 2. The van der Waals surface area contributed by atoms with E-state index in [-0.39, 0.29) is 13.0 Å². The molecular formula is C77H143NO10. The summed E-state index contributed by atoms with van der Waals surface area (Å²) in [5.41, 5.74) is 0. The second-order valence-electron chi connectivity index (χ2n) is 26.4. The molecule has 0 saturated carbocycles. The van der Waals surface area contributed by atoms with Gasteiger partial charge in [0.05, 0.1) is 25.4 Å². The van der Waals surface area contributed by atoms with Gasteiger partial charge in [-0.15, -0.1) is 0 Å². The Balaban J connectivity index is 2.52. The molecular weight excluding hydrogens is 1100 g/mol. The van der Waals surface area contributed by atoms with Crippen LogP contribution in [-0.2, 0) is 23.8 Å². The largest absolute Gasteiger partial charge is 0.454 e.